The molecular weight excluding hydrogens is 301 g/mol. The Kier molecular flexibility index (Phi) is 6.85. The van der Waals surface area contributed by atoms with E-state index < -0.39 is 0 Å². The van der Waals surface area contributed by atoms with Gasteiger partial charge in [0.05, 0.1) is 10.0 Å². The van der Waals surface area contributed by atoms with E-state index in [9.17, 15) is 0 Å². The van der Waals surface area contributed by atoms with Gasteiger partial charge in [0.15, 0.2) is 0 Å². The van der Waals surface area contributed by atoms with Gasteiger partial charge in [-0.25, -0.2) is 0 Å². The van der Waals surface area contributed by atoms with Crippen LogP contribution in [-0.4, -0.2) is 6.04 Å². The van der Waals surface area contributed by atoms with Crippen LogP contribution in [0.4, 0.5) is 0 Å². The van der Waals surface area contributed by atoms with Gasteiger partial charge in [0.1, 0.15) is 0 Å². The molecule has 1 aliphatic carbocycles. The topological polar surface area (TPSA) is 12.0 Å². The van der Waals surface area contributed by atoms with Gasteiger partial charge in [-0.1, -0.05) is 62.4 Å². The molecule has 2 unspecified atom stereocenters. The SMILES string of the molecule is CCC(NC(CC)C1CCCCC1)c1ccc(Cl)c(Cl)c1. The highest BCUT2D eigenvalue weighted by Gasteiger charge is 2.24. The minimum atomic E-state index is 0.367. The predicted octanol–water partition coefficient (Wildman–Crippen LogP) is 6.39. The fourth-order valence-corrected chi connectivity index (χ4v) is 3.87. The van der Waals surface area contributed by atoms with E-state index in [0.29, 0.717) is 22.1 Å². The number of rotatable bonds is 6. The van der Waals surface area contributed by atoms with Crippen molar-refractivity contribution >= 4 is 23.2 Å². The summed E-state index contributed by atoms with van der Waals surface area (Å²) in [6.45, 7) is 4.53. The van der Waals surface area contributed by atoms with Gasteiger partial charge in [-0.05, 0) is 49.3 Å². The quantitative estimate of drug-likeness (QED) is 0.637. The molecule has 1 aromatic carbocycles. The van der Waals surface area contributed by atoms with E-state index in [4.69, 9.17) is 23.2 Å². The Morgan fingerprint density at radius 1 is 1.05 bits per heavy atom. The van der Waals surface area contributed by atoms with Crippen molar-refractivity contribution in [2.75, 3.05) is 0 Å². The van der Waals surface area contributed by atoms with Gasteiger partial charge in [0.25, 0.3) is 0 Å². The highest BCUT2D eigenvalue weighted by Crippen LogP contribution is 2.31. The first-order valence-corrected chi connectivity index (χ1v) is 9.12. The predicted molar refractivity (Wildman–Crippen MR) is 93.3 cm³/mol. The standard InChI is InChI=1S/C18H27Cl2N/c1-3-17(13-8-6-5-7-9-13)21-18(4-2)14-10-11-15(19)16(20)12-14/h10-13,17-18,21H,3-9H2,1-2H3. The smallest absolute Gasteiger partial charge is 0.0595 e. The van der Waals surface area contributed by atoms with Crippen molar-refractivity contribution < 1.29 is 0 Å². The molecule has 0 amide bonds. The third-order valence-corrected chi connectivity index (χ3v) is 5.57. The third-order valence-electron chi connectivity index (χ3n) is 4.83. The lowest BCUT2D eigenvalue weighted by Crippen LogP contribution is -2.39. The van der Waals surface area contributed by atoms with Crippen LogP contribution in [0.5, 0.6) is 0 Å². The molecule has 118 valence electrons. The molecule has 0 saturated heterocycles. The summed E-state index contributed by atoms with van der Waals surface area (Å²) in [5, 5.41) is 5.17. The zero-order valence-electron chi connectivity index (χ0n) is 13.2. The number of nitrogens with one attached hydrogen (secondary N) is 1. The van der Waals surface area contributed by atoms with Crippen molar-refractivity contribution in [1.29, 1.82) is 0 Å². The Morgan fingerprint density at radius 2 is 1.76 bits per heavy atom. The normalized spacial score (nSPS) is 19.4. The maximum Gasteiger partial charge on any atom is 0.0595 e. The molecule has 1 aliphatic rings. The monoisotopic (exact) mass is 327 g/mol. The first kappa shape index (κ1) is 17.1. The second-order valence-corrected chi connectivity index (χ2v) is 7.03. The van der Waals surface area contributed by atoms with Gasteiger partial charge >= 0.3 is 0 Å². The highest BCUT2D eigenvalue weighted by atomic mass is 35.5. The van der Waals surface area contributed by atoms with Crippen LogP contribution < -0.4 is 5.32 Å². The van der Waals surface area contributed by atoms with Gasteiger partial charge in [-0.3, -0.25) is 0 Å². The van der Waals surface area contributed by atoms with Crippen LogP contribution in [0.25, 0.3) is 0 Å². The van der Waals surface area contributed by atoms with E-state index in [1.165, 1.54) is 44.1 Å². The van der Waals surface area contributed by atoms with E-state index in [1.54, 1.807) is 0 Å². The number of halogens is 2. The molecule has 3 heteroatoms. The lowest BCUT2D eigenvalue weighted by Gasteiger charge is -2.33. The van der Waals surface area contributed by atoms with Crippen LogP contribution in [0.1, 0.15) is 70.4 Å². The molecule has 1 nitrogen and oxygen atoms in total. The number of hydrogen-bond acceptors (Lipinski definition) is 1. The maximum absolute atomic E-state index is 6.17. The molecule has 0 heterocycles. The van der Waals surface area contributed by atoms with E-state index in [2.05, 4.69) is 25.2 Å². The Balaban J connectivity index is 2.06. The summed E-state index contributed by atoms with van der Waals surface area (Å²) in [4.78, 5) is 0. The molecule has 1 saturated carbocycles. The van der Waals surface area contributed by atoms with Crippen LogP contribution in [-0.2, 0) is 0 Å². The molecule has 0 radical (unpaired) electrons. The Labute approximate surface area is 139 Å². The van der Waals surface area contributed by atoms with Gasteiger partial charge < -0.3 is 5.32 Å². The fraction of sp³-hybridized carbons (Fsp3) is 0.667. The van der Waals surface area contributed by atoms with Crippen LogP contribution in [0.3, 0.4) is 0 Å². The average molecular weight is 328 g/mol. The molecule has 0 aromatic heterocycles. The highest BCUT2D eigenvalue weighted by molar-refractivity contribution is 6.42. The second-order valence-electron chi connectivity index (χ2n) is 6.21. The van der Waals surface area contributed by atoms with Crippen molar-refractivity contribution in [3.05, 3.63) is 33.8 Å². The lowest BCUT2D eigenvalue weighted by atomic mass is 9.82. The van der Waals surface area contributed by atoms with E-state index in [-0.39, 0.29) is 0 Å². The second kappa shape index (κ2) is 8.41. The van der Waals surface area contributed by atoms with E-state index >= 15 is 0 Å². The Hall–Kier alpha value is -0.240. The van der Waals surface area contributed by atoms with E-state index in [0.717, 1.165) is 12.3 Å². The van der Waals surface area contributed by atoms with Crippen molar-refractivity contribution in [1.82, 2.24) is 5.32 Å². The molecule has 21 heavy (non-hydrogen) atoms. The average Bonchev–Trinajstić information content (AvgIpc) is 2.52. The largest absolute Gasteiger partial charge is 0.307 e. The molecule has 0 bridgehead atoms. The minimum absolute atomic E-state index is 0.367. The maximum atomic E-state index is 6.17. The molecule has 2 atom stereocenters. The van der Waals surface area contributed by atoms with Gasteiger partial charge in [-0.15, -0.1) is 0 Å². The summed E-state index contributed by atoms with van der Waals surface area (Å²) in [6.07, 6.45) is 9.23. The Bertz CT molecular complexity index is 441. The summed E-state index contributed by atoms with van der Waals surface area (Å²) in [5.74, 6) is 0.834. The first-order chi connectivity index (χ1) is 10.2. The van der Waals surface area contributed by atoms with Crippen molar-refractivity contribution in [3.63, 3.8) is 0 Å². The van der Waals surface area contributed by atoms with Gasteiger partial charge in [-0.2, -0.15) is 0 Å². The first-order valence-electron chi connectivity index (χ1n) is 8.36. The van der Waals surface area contributed by atoms with Crippen molar-refractivity contribution in [3.8, 4) is 0 Å². The van der Waals surface area contributed by atoms with Crippen LogP contribution in [0.2, 0.25) is 10.0 Å². The summed E-state index contributed by atoms with van der Waals surface area (Å²) in [7, 11) is 0. The summed E-state index contributed by atoms with van der Waals surface area (Å²) < 4.78 is 0. The van der Waals surface area contributed by atoms with Gasteiger partial charge in [0, 0.05) is 12.1 Å². The molecule has 0 spiro atoms. The van der Waals surface area contributed by atoms with Crippen molar-refractivity contribution in [2.24, 2.45) is 5.92 Å². The number of hydrogen-bond donors (Lipinski definition) is 1. The van der Waals surface area contributed by atoms with Crippen molar-refractivity contribution in [2.45, 2.75) is 70.9 Å². The lowest BCUT2D eigenvalue weighted by molar-refractivity contribution is 0.244. The van der Waals surface area contributed by atoms with Crippen LogP contribution in [0, 0.1) is 5.92 Å². The van der Waals surface area contributed by atoms with Crippen LogP contribution >= 0.6 is 23.2 Å². The summed E-state index contributed by atoms with van der Waals surface area (Å²) in [6, 6.07) is 7.00. The summed E-state index contributed by atoms with van der Waals surface area (Å²) >= 11 is 12.2. The molecular formula is C18H27Cl2N. The molecule has 2 rings (SSSR count). The molecule has 0 aliphatic heterocycles. The molecule has 1 fully saturated rings. The number of benzene rings is 1. The fourth-order valence-electron chi connectivity index (χ4n) is 3.56. The minimum Gasteiger partial charge on any atom is -0.307 e. The molecule has 1 aromatic rings. The summed E-state index contributed by atoms with van der Waals surface area (Å²) in [5.41, 5.74) is 1.25. The van der Waals surface area contributed by atoms with Crippen LogP contribution in [0.15, 0.2) is 18.2 Å². The zero-order valence-corrected chi connectivity index (χ0v) is 14.7. The van der Waals surface area contributed by atoms with Gasteiger partial charge in [0.2, 0.25) is 0 Å². The zero-order chi connectivity index (χ0) is 15.2. The third kappa shape index (κ3) is 4.61. The Morgan fingerprint density at radius 3 is 2.33 bits per heavy atom. The van der Waals surface area contributed by atoms with E-state index in [1.807, 2.05) is 12.1 Å². The molecule has 1 N–H and O–H groups in total.